The predicted molar refractivity (Wildman–Crippen MR) is 176 cm³/mol. The standard InChI is InChI=1S/C33H51N3O6S2/c1-24-20-36(25(2)23-37)33(38)29-19-28(34-44(39,40)32-14-10-18-43-32)15-16-30(29)42-26(3)11-8-9-17-41-31(24)22-35(4)21-27-12-6-5-7-13-27/h10,14-16,18-19,24-27,31,34,37H,5-9,11-13,17,20-23H2,1-4H3/t24-,25+,26-,31-/m1/s1. The van der Waals surface area contributed by atoms with Crippen molar-refractivity contribution in [2.45, 2.75) is 94.6 Å². The smallest absolute Gasteiger partial charge is 0.271 e. The van der Waals surface area contributed by atoms with Crippen LogP contribution in [-0.2, 0) is 14.8 Å². The molecule has 1 amide bonds. The lowest BCUT2D eigenvalue weighted by atomic mass is 9.89. The van der Waals surface area contributed by atoms with Gasteiger partial charge in [0.15, 0.2) is 0 Å². The van der Waals surface area contributed by atoms with E-state index in [9.17, 15) is 18.3 Å². The quantitative estimate of drug-likeness (QED) is 0.351. The maximum Gasteiger partial charge on any atom is 0.271 e. The zero-order valence-electron chi connectivity index (χ0n) is 26.7. The number of carbonyl (C=O) groups is 1. The van der Waals surface area contributed by atoms with Gasteiger partial charge in [0, 0.05) is 37.8 Å². The number of nitrogens with zero attached hydrogens (tertiary/aromatic N) is 2. The molecule has 0 spiro atoms. The van der Waals surface area contributed by atoms with Gasteiger partial charge in [-0.1, -0.05) is 32.3 Å². The van der Waals surface area contributed by atoms with Crippen LogP contribution in [0.25, 0.3) is 0 Å². The first-order chi connectivity index (χ1) is 21.1. The number of sulfonamides is 1. The summed E-state index contributed by atoms with van der Waals surface area (Å²) >= 11 is 1.13. The van der Waals surface area contributed by atoms with Gasteiger partial charge in [0.05, 0.1) is 30.4 Å². The van der Waals surface area contributed by atoms with E-state index in [1.165, 1.54) is 32.1 Å². The van der Waals surface area contributed by atoms with Gasteiger partial charge in [0.25, 0.3) is 15.9 Å². The van der Waals surface area contributed by atoms with E-state index >= 15 is 0 Å². The van der Waals surface area contributed by atoms with Gasteiger partial charge in [-0.2, -0.15) is 0 Å². The van der Waals surface area contributed by atoms with E-state index in [1.54, 1.807) is 40.6 Å². The van der Waals surface area contributed by atoms with Crippen LogP contribution in [0, 0.1) is 11.8 Å². The van der Waals surface area contributed by atoms with Gasteiger partial charge in [-0.25, -0.2) is 8.42 Å². The monoisotopic (exact) mass is 649 g/mol. The second-order valence-corrected chi connectivity index (χ2v) is 15.6. The van der Waals surface area contributed by atoms with E-state index in [0.717, 1.165) is 49.6 Å². The van der Waals surface area contributed by atoms with Crippen LogP contribution >= 0.6 is 11.3 Å². The Labute approximate surface area is 268 Å². The number of anilines is 1. The lowest BCUT2D eigenvalue weighted by Gasteiger charge is -2.36. The summed E-state index contributed by atoms with van der Waals surface area (Å²) in [7, 11) is -1.64. The highest BCUT2D eigenvalue weighted by atomic mass is 32.2. The molecular weight excluding hydrogens is 599 g/mol. The second-order valence-electron chi connectivity index (χ2n) is 12.8. The number of carbonyl (C=O) groups excluding carboxylic acids is 1. The molecule has 1 aliphatic heterocycles. The summed E-state index contributed by atoms with van der Waals surface area (Å²) in [6, 6.07) is 7.60. The minimum Gasteiger partial charge on any atom is -0.490 e. The number of aliphatic hydroxyl groups is 1. The first kappa shape index (κ1) is 34.7. The molecule has 1 aromatic carbocycles. The lowest BCUT2D eigenvalue weighted by Crippen LogP contribution is -2.47. The third kappa shape index (κ3) is 9.66. The number of aliphatic hydroxyl groups excluding tert-OH is 1. The molecule has 0 bridgehead atoms. The largest absolute Gasteiger partial charge is 0.490 e. The fourth-order valence-electron chi connectivity index (χ4n) is 6.26. The molecule has 2 N–H and O–H groups in total. The molecule has 4 atom stereocenters. The zero-order chi connectivity index (χ0) is 31.7. The topological polar surface area (TPSA) is 108 Å². The summed E-state index contributed by atoms with van der Waals surface area (Å²) in [4.78, 5) is 18.4. The number of nitrogens with one attached hydrogen (secondary N) is 1. The van der Waals surface area contributed by atoms with Gasteiger partial charge in [0.1, 0.15) is 9.96 Å². The fraction of sp³-hybridized carbons (Fsp3) is 0.667. The Kier molecular flexibility index (Phi) is 12.9. The summed E-state index contributed by atoms with van der Waals surface area (Å²) in [5, 5.41) is 11.9. The predicted octanol–water partition coefficient (Wildman–Crippen LogP) is 5.86. The number of fused-ring (bicyclic) bond motifs is 1. The van der Waals surface area contributed by atoms with E-state index in [0.29, 0.717) is 18.9 Å². The van der Waals surface area contributed by atoms with Gasteiger partial charge in [-0.15, -0.1) is 11.3 Å². The third-order valence-electron chi connectivity index (χ3n) is 8.85. The highest BCUT2D eigenvalue weighted by Crippen LogP contribution is 2.30. The first-order valence-electron chi connectivity index (χ1n) is 16.2. The highest BCUT2D eigenvalue weighted by molar-refractivity contribution is 7.94. The van der Waals surface area contributed by atoms with Gasteiger partial charge in [0.2, 0.25) is 0 Å². The van der Waals surface area contributed by atoms with Crippen molar-refractivity contribution >= 4 is 33.0 Å². The molecule has 1 aromatic heterocycles. The minimum absolute atomic E-state index is 0.00602. The minimum atomic E-state index is -3.81. The SMILES string of the molecule is C[C@@H]1CCCCO[C@H](CN(C)CC2CCCCC2)[C@H](C)CN([C@@H](C)CO)C(=O)c2cc(NS(=O)(=O)c3cccs3)ccc2O1. The molecular formula is C33H51N3O6S2. The number of hydrogen-bond acceptors (Lipinski definition) is 8. The van der Waals surface area contributed by atoms with Crippen molar-refractivity contribution in [3.05, 3.63) is 41.3 Å². The summed E-state index contributed by atoms with van der Waals surface area (Å²) < 4.78 is 41.5. The molecule has 0 saturated heterocycles. The maximum absolute atomic E-state index is 14.3. The van der Waals surface area contributed by atoms with Crippen LogP contribution in [0.5, 0.6) is 5.75 Å². The normalized spacial score (nSPS) is 23.9. The van der Waals surface area contributed by atoms with Crippen LogP contribution in [0.2, 0.25) is 0 Å². The second kappa shape index (κ2) is 16.4. The highest BCUT2D eigenvalue weighted by Gasteiger charge is 2.31. The van der Waals surface area contributed by atoms with E-state index in [4.69, 9.17) is 9.47 Å². The first-order valence-corrected chi connectivity index (χ1v) is 18.5. The Balaban J connectivity index is 1.61. The third-order valence-corrected chi connectivity index (χ3v) is 11.6. The van der Waals surface area contributed by atoms with Crippen molar-refractivity contribution in [2.75, 3.05) is 44.6 Å². The van der Waals surface area contributed by atoms with E-state index in [-0.39, 0.29) is 46.1 Å². The van der Waals surface area contributed by atoms with Crippen LogP contribution in [0.4, 0.5) is 5.69 Å². The number of likely N-dealkylation sites (N-methyl/N-ethyl adjacent to an activating group) is 1. The van der Waals surface area contributed by atoms with E-state index < -0.39 is 16.1 Å². The molecule has 9 nitrogen and oxygen atoms in total. The summed E-state index contributed by atoms with van der Waals surface area (Å²) in [5.41, 5.74) is 0.540. The molecule has 2 aromatic rings. The molecule has 0 radical (unpaired) electrons. The fourth-order valence-corrected chi connectivity index (χ4v) is 8.31. The van der Waals surface area contributed by atoms with Crippen molar-refractivity contribution in [3.63, 3.8) is 0 Å². The summed E-state index contributed by atoms with van der Waals surface area (Å²) in [5.74, 6) is 0.804. The van der Waals surface area contributed by atoms with Crippen molar-refractivity contribution in [2.24, 2.45) is 11.8 Å². The molecule has 1 aliphatic carbocycles. The number of ether oxygens (including phenoxy) is 2. The van der Waals surface area contributed by atoms with Crippen LogP contribution < -0.4 is 9.46 Å². The van der Waals surface area contributed by atoms with E-state index in [2.05, 4.69) is 23.6 Å². The molecule has 246 valence electrons. The number of rotatable bonds is 9. The van der Waals surface area contributed by atoms with Crippen LogP contribution in [-0.4, -0.2) is 87.4 Å². The molecule has 2 aliphatic rings. The molecule has 4 rings (SSSR count). The Bertz CT molecular complexity index is 1280. The number of hydrogen-bond donors (Lipinski definition) is 2. The molecule has 1 saturated carbocycles. The number of benzene rings is 1. The molecule has 2 heterocycles. The average molecular weight is 650 g/mol. The Morgan fingerprint density at radius 3 is 2.55 bits per heavy atom. The molecule has 44 heavy (non-hydrogen) atoms. The summed E-state index contributed by atoms with van der Waals surface area (Å²) in [6.45, 7) is 8.56. The van der Waals surface area contributed by atoms with Gasteiger partial charge < -0.3 is 24.4 Å². The zero-order valence-corrected chi connectivity index (χ0v) is 28.4. The van der Waals surface area contributed by atoms with Crippen molar-refractivity contribution < 1.29 is 27.8 Å². The molecule has 0 unspecified atom stereocenters. The van der Waals surface area contributed by atoms with E-state index in [1.807, 2.05) is 13.8 Å². The van der Waals surface area contributed by atoms with Crippen LogP contribution in [0.3, 0.4) is 0 Å². The van der Waals surface area contributed by atoms with Crippen LogP contribution in [0.15, 0.2) is 39.9 Å². The van der Waals surface area contributed by atoms with Crippen molar-refractivity contribution in [3.8, 4) is 5.75 Å². The van der Waals surface area contributed by atoms with Crippen molar-refractivity contribution in [1.29, 1.82) is 0 Å². The molecule has 1 fully saturated rings. The number of thiophene rings is 1. The van der Waals surface area contributed by atoms with Gasteiger partial charge >= 0.3 is 0 Å². The van der Waals surface area contributed by atoms with Crippen LogP contribution in [0.1, 0.15) is 82.5 Å². The van der Waals surface area contributed by atoms with Crippen molar-refractivity contribution in [1.82, 2.24) is 9.80 Å². The number of amides is 1. The Morgan fingerprint density at radius 1 is 1.09 bits per heavy atom. The average Bonchev–Trinajstić information content (AvgIpc) is 3.55. The van der Waals surface area contributed by atoms with Gasteiger partial charge in [-0.05, 0) is 88.6 Å². The van der Waals surface area contributed by atoms with Gasteiger partial charge in [-0.3, -0.25) is 9.52 Å². The molecule has 11 heteroatoms. The summed E-state index contributed by atoms with van der Waals surface area (Å²) in [6.07, 6.45) is 8.93. The Morgan fingerprint density at radius 2 is 1.84 bits per heavy atom. The maximum atomic E-state index is 14.3. The lowest BCUT2D eigenvalue weighted by molar-refractivity contribution is -0.0190. The Hall–Kier alpha value is -2.18.